The quantitative estimate of drug-likeness (QED) is 0.0169. The minimum absolute atomic E-state index is 0.0586. The van der Waals surface area contributed by atoms with Gasteiger partial charge in [-0.05, 0) is 122 Å². The van der Waals surface area contributed by atoms with Crippen molar-refractivity contribution in [2.75, 3.05) is 39.6 Å². The fourth-order valence-corrected chi connectivity index (χ4v) is 10.1. The summed E-state index contributed by atoms with van der Waals surface area (Å²) in [4.78, 5) is 72.4. The first-order chi connectivity index (χ1) is 45.7. The lowest BCUT2D eigenvalue weighted by atomic mass is 10.1. The summed E-state index contributed by atoms with van der Waals surface area (Å²) in [5.41, 5.74) is 0. The molecule has 0 aliphatic heterocycles. The van der Waals surface area contributed by atoms with E-state index in [0.717, 1.165) is 135 Å². The molecule has 0 saturated heterocycles. The van der Waals surface area contributed by atoms with E-state index in [1.807, 2.05) is 36.5 Å². The lowest BCUT2D eigenvalue weighted by Gasteiger charge is -2.21. The smallest absolute Gasteiger partial charge is 0.461 e. The van der Waals surface area contributed by atoms with E-state index < -0.39 is 97.5 Å². The van der Waals surface area contributed by atoms with E-state index in [-0.39, 0.29) is 25.7 Å². The van der Waals surface area contributed by atoms with Gasteiger partial charge in [0, 0.05) is 12.8 Å². The van der Waals surface area contributed by atoms with E-state index in [1.54, 1.807) is 12.2 Å². The molecule has 0 rings (SSSR count). The first kappa shape index (κ1) is 88.9. The van der Waals surface area contributed by atoms with Gasteiger partial charge in [-0.15, -0.1) is 0 Å². The second-order valence-electron chi connectivity index (χ2n) is 22.7. The zero-order valence-corrected chi connectivity index (χ0v) is 59.6. The van der Waals surface area contributed by atoms with Crippen molar-refractivity contribution in [2.45, 2.75) is 264 Å². The number of carbonyl (C=O) groups excluding carboxylic acids is 4. The van der Waals surface area contributed by atoms with Gasteiger partial charge in [0.05, 0.1) is 39.3 Å². The van der Waals surface area contributed by atoms with E-state index in [2.05, 4.69) is 125 Å². The molecule has 17 nitrogen and oxygen atoms in total. The number of phosphoric ester groups is 2. The maximum Gasteiger partial charge on any atom is 0.472 e. The zero-order valence-electron chi connectivity index (χ0n) is 57.8. The molecule has 0 saturated carbocycles. The molecule has 94 heavy (non-hydrogen) atoms. The molecule has 0 amide bonds. The van der Waals surface area contributed by atoms with Crippen LogP contribution in [0.15, 0.2) is 146 Å². The molecule has 0 bridgehead atoms. The molecule has 0 radical (unpaired) electrons. The summed E-state index contributed by atoms with van der Waals surface area (Å²) >= 11 is 0. The van der Waals surface area contributed by atoms with Crippen LogP contribution in [-0.2, 0) is 65.4 Å². The molecule has 0 fully saturated rings. The van der Waals surface area contributed by atoms with E-state index in [1.165, 1.54) is 32.1 Å². The largest absolute Gasteiger partial charge is 0.472 e. The molecular weight excluding hydrogens is 1230 g/mol. The SMILES string of the molecule is CC/C=C\C/C=C\C/C=C\C/C=C\C/C=C\CC(=O)OCC(COP(=O)(O)OCC(O)COP(=O)(O)OCC(COC(=O)C/C=C\C/C=C\C/C=C\C/C=C\C/C=C\CC)OC(=O)CCCCCCC/C=C\CCCCCC)OC(=O)CCCCCCC/C=C\CCCC. The maximum absolute atomic E-state index is 13.0. The van der Waals surface area contributed by atoms with Gasteiger partial charge in [0.15, 0.2) is 12.2 Å². The number of aliphatic hydroxyl groups excluding tert-OH is 1. The van der Waals surface area contributed by atoms with E-state index in [4.69, 9.17) is 37.0 Å². The molecular formula is C75H122O17P2. The molecule has 534 valence electrons. The summed E-state index contributed by atoms with van der Waals surface area (Å²) in [5, 5.41) is 10.6. The summed E-state index contributed by atoms with van der Waals surface area (Å²) in [6.07, 6.45) is 73.6. The predicted molar refractivity (Wildman–Crippen MR) is 380 cm³/mol. The lowest BCUT2D eigenvalue weighted by molar-refractivity contribution is -0.161. The Kier molecular flexibility index (Phi) is 63.0. The predicted octanol–water partition coefficient (Wildman–Crippen LogP) is 19.5. The molecule has 0 aromatic heterocycles. The highest BCUT2D eigenvalue weighted by atomic mass is 31.2. The summed E-state index contributed by atoms with van der Waals surface area (Å²) < 4.78 is 67.9. The van der Waals surface area contributed by atoms with E-state index in [0.29, 0.717) is 25.7 Å². The van der Waals surface area contributed by atoms with Crippen molar-refractivity contribution in [3.8, 4) is 0 Å². The Bertz CT molecular complexity index is 2360. The Morgan fingerprint density at radius 1 is 0.319 bits per heavy atom. The Morgan fingerprint density at radius 2 is 0.596 bits per heavy atom. The normalized spacial score (nSPS) is 14.9. The number of rotatable bonds is 64. The molecule has 19 heteroatoms. The highest BCUT2D eigenvalue weighted by Gasteiger charge is 2.30. The molecule has 0 aromatic carbocycles. The summed E-state index contributed by atoms with van der Waals surface area (Å²) in [7, 11) is -10.00. The molecule has 5 atom stereocenters. The Hall–Kier alpha value is -5.06. The fourth-order valence-electron chi connectivity index (χ4n) is 8.52. The van der Waals surface area contributed by atoms with Gasteiger partial charge in [0.2, 0.25) is 0 Å². The van der Waals surface area contributed by atoms with Gasteiger partial charge in [-0.3, -0.25) is 37.3 Å². The summed E-state index contributed by atoms with van der Waals surface area (Å²) in [5.74, 6) is -2.51. The van der Waals surface area contributed by atoms with Crippen LogP contribution >= 0.6 is 15.6 Å². The fraction of sp³-hybridized carbons (Fsp3) is 0.627. The van der Waals surface area contributed by atoms with Crippen LogP contribution in [0.3, 0.4) is 0 Å². The second-order valence-corrected chi connectivity index (χ2v) is 25.6. The van der Waals surface area contributed by atoms with Crippen LogP contribution in [0.25, 0.3) is 0 Å². The number of allylic oxidation sites excluding steroid dienone is 22. The Balaban J connectivity index is 5.48. The molecule has 0 aliphatic carbocycles. The van der Waals surface area contributed by atoms with Crippen LogP contribution in [0, 0.1) is 0 Å². The van der Waals surface area contributed by atoms with Gasteiger partial charge < -0.3 is 33.8 Å². The number of unbranched alkanes of at least 4 members (excludes halogenated alkanes) is 16. The first-order valence-corrected chi connectivity index (χ1v) is 38.1. The van der Waals surface area contributed by atoms with Gasteiger partial charge in [-0.2, -0.15) is 0 Å². The maximum atomic E-state index is 13.0. The van der Waals surface area contributed by atoms with Crippen LogP contribution in [0.1, 0.15) is 246 Å². The number of ether oxygens (including phenoxy) is 4. The topological polar surface area (TPSA) is 237 Å². The number of phosphoric acid groups is 2. The average molecular weight is 1360 g/mol. The lowest BCUT2D eigenvalue weighted by Crippen LogP contribution is -2.30. The van der Waals surface area contributed by atoms with Crippen molar-refractivity contribution in [3.05, 3.63) is 146 Å². The third-order valence-electron chi connectivity index (χ3n) is 13.8. The van der Waals surface area contributed by atoms with Crippen LogP contribution in [0.4, 0.5) is 0 Å². The van der Waals surface area contributed by atoms with Crippen LogP contribution in [0.5, 0.6) is 0 Å². The first-order valence-electron chi connectivity index (χ1n) is 35.1. The van der Waals surface area contributed by atoms with Crippen LogP contribution in [-0.4, -0.2) is 96.7 Å². The van der Waals surface area contributed by atoms with Crippen molar-refractivity contribution in [1.29, 1.82) is 0 Å². The number of esters is 4. The highest BCUT2D eigenvalue weighted by molar-refractivity contribution is 7.47. The minimum Gasteiger partial charge on any atom is -0.461 e. The van der Waals surface area contributed by atoms with Crippen LogP contribution < -0.4 is 0 Å². The number of hydrogen-bond acceptors (Lipinski definition) is 15. The Labute approximate surface area is 567 Å². The average Bonchev–Trinajstić information content (AvgIpc) is 1.35. The number of aliphatic hydroxyl groups is 1. The van der Waals surface area contributed by atoms with Crippen molar-refractivity contribution in [1.82, 2.24) is 0 Å². The van der Waals surface area contributed by atoms with E-state index >= 15 is 0 Å². The van der Waals surface area contributed by atoms with Crippen molar-refractivity contribution >= 4 is 39.5 Å². The van der Waals surface area contributed by atoms with Gasteiger partial charge in [-0.25, -0.2) is 9.13 Å². The molecule has 0 aliphatic rings. The van der Waals surface area contributed by atoms with Crippen molar-refractivity contribution in [3.63, 3.8) is 0 Å². The molecule has 3 N–H and O–H groups in total. The molecule has 0 spiro atoms. The third kappa shape index (κ3) is 65.6. The van der Waals surface area contributed by atoms with E-state index in [9.17, 15) is 43.2 Å². The van der Waals surface area contributed by atoms with Crippen LogP contribution in [0.2, 0.25) is 0 Å². The van der Waals surface area contributed by atoms with Crippen molar-refractivity contribution in [2.24, 2.45) is 0 Å². The summed E-state index contributed by atoms with van der Waals surface area (Å²) in [6.45, 7) is 4.29. The monoisotopic (exact) mass is 1360 g/mol. The van der Waals surface area contributed by atoms with Gasteiger partial charge >= 0.3 is 39.5 Å². The molecule has 0 aromatic rings. The number of hydrogen-bond donors (Lipinski definition) is 3. The second kappa shape index (κ2) is 66.5. The molecule has 0 heterocycles. The van der Waals surface area contributed by atoms with Gasteiger partial charge in [-0.1, -0.05) is 244 Å². The minimum atomic E-state index is -5.00. The zero-order chi connectivity index (χ0) is 69.0. The number of carbonyl (C=O) groups is 4. The van der Waals surface area contributed by atoms with Crippen molar-refractivity contribution < 1.29 is 80.2 Å². The standard InChI is InChI=1S/C75H122O17P2/c1-5-9-13-17-21-25-29-32-34-37-40-43-47-51-55-59-72(77)85-65-70(91-74(79)61-57-53-49-45-39-28-24-20-16-12-8-4)67-89-93(81,82)87-63-69(76)64-88-94(83,84)90-68-71(92-75(80)62-58-54-50-46-42-36-31-27-23-19-15-11-7-3)66-86-73(78)60-56-52-48-44-41-38-35-33-30-26-22-18-14-10-6-2/h9-10,13-14,20-22,24-27,31-35,40-41,43-44,51-52,55-56,69-71,76H,5-8,11-12,15-19,23,28-30,36-39,42,45-50,53-54,57-68H2,1-4H3,(H,81,82)(H,83,84)/b13-9-,14-10-,24-20-,25-21-,26-22-,31-27-,34-32-,35-33-,43-40-,44-41-,55-51-,56-52-. The highest BCUT2D eigenvalue weighted by Crippen LogP contribution is 2.45. The Morgan fingerprint density at radius 3 is 0.926 bits per heavy atom. The van der Waals surface area contributed by atoms with Gasteiger partial charge in [0.1, 0.15) is 19.3 Å². The summed E-state index contributed by atoms with van der Waals surface area (Å²) in [6, 6.07) is 0. The third-order valence-corrected chi connectivity index (χ3v) is 15.7. The van der Waals surface area contributed by atoms with Gasteiger partial charge in [0.25, 0.3) is 0 Å². The molecule has 5 unspecified atom stereocenters.